The third-order valence-corrected chi connectivity index (χ3v) is 2.52. The molecule has 0 saturated heterocycles. The molecule has 12 heteroatoms. The molecule has 0 aliphatic carbocycles. The summed E-state index contributed by atoms with van der Waals surface area (Å²) in [6, 6.07) is 7.55. The van der Waals surface area contributed by atoms with Gasteiger partial charge in [-0.25, -0.2) is 4.79 Å². The van der Waals surface area contributed by atoms with Gasteiger partial charge in [0.1, 0.15) is 12.5 Å². The molecule has 0 fully saturated rings. The van der Waals surface area contributed by atoms with E-state index in [1.165, 1.54) is 6.33 Å². The number of quaternary nitrogens is 1. The summed E-state index contributed by atoms with van der Waals surface area (Å²) in [6.07, 6.45) is -3.92. The summed E-state index contributed by atoms with van der Waals surface area (Å²) < 4.78 is 31.5. The van der Waals surface area contributed by atoms with Crippen LogP contribution in [0.5, 0.6) is 0 Å². The summed E-state index contributed by atoms with van der Waals surface area (Å²) in [5, 5.41) is 34.1. The Morgan fingerprint density at radius 1 is 1.20 bits per heavy atom. The van der Waals surface area contributed by atoms with Crippen LogP contribution in [0.2, 0.25) is 0 Å². The largest absolute Gasteiger partial charge is 0.542 e. The lowest BCUT2D eigenvalue weighted by atomic mass is 10.1. The maximum Gasteiger partial charge on any atom is 0.430 e. The number of nitrogens with zero attached hydrogens (tertiary/aromatic N) is 4. The van der Waals surface area contributed by atoms with Gasteiger partial charge in [0.2, 0.25) is 5.82 Å². The van der Waals surface area contributed by atoms with E-state index in [9.17, 15) is 18.0 Å². The molecule has 0 atom stereocenters. The standard InChI is InChI=1S/C11H11N5O2.C2HF3O2/c17-10(18)6-12-5-8-2-1-3-9(4-8)11-15-13-7-14-16-11;3-2(4,5)1(6)7/h1-4,7,12H,5-6H2,(H,17,18);(H,6,7). The second-order valence-corrected chi connectivity index (χ2v) is 4.45. The van der Waals surface area contributed by atoms with Gasteiger partial charge in [0, 0.05) is 11.1 Å². The fraction of sp³-hybridized carbons (Fsp3) is 0.231. The lowest BCUT2D eigenvalue weighted by Gasteiger charge is -2.03. The number of aromatic nitrogens is 4. The molecule has 0 radical (unpaired) electrons. The number of carbonyl (C=O) groups excluding carboxylic acids is 1. The molecule has 9 nitrogen and oxygen atoms in total. The molecule has 1 aromatic heterocycles. The highest BCUT2D eigenvalue weighted by Crippen LogP contribution is 2.14. The van der Waals surface area contributed by atoms with Gasteiger partial charge in [0.05, 0.1) is 0 Å². The zero-order chi connectivity index (χ0) is 18.9. The van der Waals surface area contributed by atoms with Crippen LogP contribution in [-0.4, -0.2) is 50.2 Å². The zero-order valence-corrected chi connectivity index (χ0v) is 12.5. The van der Waals surface area contributed by atoms with Crippen LogP contribution in [0, 0.1) is 0 Å². The van der Waals surface area contributed by atoms with E-state index in [1.807, 2.05) is 24.3 Å². The minimum Gasteiger partial charge on any atom is -0.542 e. The Hall–Kier alpha value is -3.15. The van der Waals surface area contributed by atoms with Gasteiger partial charge in [-0.3, -0.25) is 0 Å². The Labute approximate surface area is 138 Å². The van der Waals surface area contributed by atoms with E-state index in [-0.39, 0.29) is 6.54 Å². The van der Waals surface area contributed by atoms with Crippen LogP contribution < -0.4 is 10.4 Å². The number of hydrogen-bond donors (Lipinski definition) is 2. The predicted molar refractivity (Wildman–Crippen MR) is 72.3 cm³/mol. The first kappa shape index (κ1) is 19.9. The lowest BCUT2D eigenvalue weighted by molar-refractivity contribution is -0.661. The van der Waals surface area contributed by atoms with Gasteiger partial charge >= 0.3 is 12.1 Å². The van der Waals surface area contributed by atoms with Gasteiger partial charge < -0.3 is 20.3 Å². The van der Waals surface area contributed by atoms with Crippen molar-refractivity contribution in [3.05, 3.63) is 36.2 Å². The highest BCUT2D eigenvalue weighted by Gasteiger charge is 2.28. The van der Waals surface area contributed by atoms with Crippen molar-refractivity contribution in [1.82, 2.24) is 20.4 Å². The average Bonchev–Trinajstić information content (AvgIpc) is 2.55. The molecule has 0 spiro atoms. The molecule has 0 aliphatic rings. The first-order valence-electron chi connectivity index (χ1n) is 6.61. The zero-order valence-electron chi connectivity index (χ0n) is 12.5. The first-order valence-corrected chi connectivity index (χ1v) is 6.61. The Balaban J connectivity index is 0.000000381. The molecule has 0 aliphatic heterocycles. The van der Waals surface area contributed by atoms with Crippen molar-refractivity contribution in [2.24, 2.45) is 0 Å². The predicted octanol–water partition coefficient (Wildman–Crippen LogP) is -1.62. The van der Waals surface area contributed by atoms with Crippen molar-refractivity contribution in [3.63, 3.8) is 0 Å². The number of nitrogens with two attached hydrogens (primary N) is 1. The number of rotatable bonds is 5. The Morgan fingerprint density at radius 2 is 1.80 bits per heavy atom. The van der Waals surface area contributed by atoms with Crippen LogP contribution in [0.3, 0.4) is 0 Å². The first-order chi connectivity index (χ1) is 11.7. The molecule has 2 rings (SSSR count). The molecule has 0 unspecified atom stereocenters. The summed E-state index contributed by atoms with van der Waals surface area (Å²) in [6.45, 7) is 0.642. The van der Waals surface area contributed by atoms with Crippen molar-refractivity contribution in [3.8, 4) is 11.4 Å². The maximum absolute atomic E-state index is 10.5. The number of carboxylic acid groups (broad SMARTS) is 2. The van der Waals surface area contributed by atoms with Crippen molar-refractivity contribution < 1.29 is 38.3 Å². The van der Waals surface area contributed by atoms with Crippen LogP contribution in [0.1, 0.15) is 5.56 Å². The summed E-state index contributed by atoms with van der Waals surface area (Å²) in [5.74, 6) is -3.38. The minimum atomic E-state index is -5.19. The number of hydrogen-bond acceptors (Lipinski definition) is 7. The molecular weight excluding hydrogens is 347 g/mol. The molecule has 0 saturated carbocycles. The van der Waals surface area contributed by atoms with Gasteiger partial charge in [-0.2, -0.15) is 13.2 Å². The highest BCUT2D eigenvalue weighted by molar-refractivity contribution is 5.70. The van der Waals surface area contributed by atoms with Crippen molar-refractivity contribution in [2.45, 2.75) is 12.7 Å². The van der Waals surface area contributed by atoms with Crippen LogP contribution in [-0.2, 0) is 16.1 Å². The van der Waals surface area contributed by atoms with Gasteiger partial charge in [0.15, 0.2) is 12.9 Å². The molecule has 2 aromatic rings. The summed E-state index contributed by atoms with van der Waals surface area (Å²) in [4.78, 5) is 19.2. The maximum atomic E-state index is 10.5. The number of benzene rings is 1. The molecule has 134 valence electrons. The van der Waals surface area contributed by atoms with E-state index < -0.39 is 18.1 Å². The fourth-order valence-electron chi connectivity index (χ4n) is 1.52. The second kappa shape index (κ2) is 9.22. The summed E-state index contributed by atoms with van der Waals surface area (Å²) in [7, 11) is 0. The number of halogens is 3. The quantitative estimate of drug-likeness (QED) is 0.648. The molecular formula is C13H12F3N5O4. The third-order valence-electron chi connectivity index (χ3n) is 2.52. The number of alkyl halides is 3. The lowest BCUT2D eigenvalue weighted by Crippen LogP contribution is -2.84. The summed E-state index contributed by atoms with van der Waals surface area (Å²) in [5.41, 5.74) is 1.82. The van der Waals surface area contributed by atoms with E-state index >= 15 is 0 Å². The van der Waals surface area contributed by atoms with Gasteiger partial charge in [0.25, 0.3) is 0 Å². The number of aliphatic carboxylic acids is 2. The van der Waals surface area contributed by atoms with Crippen LogP contribution in [0.25, 0.3) is 11.4 Å². The van der Waals surface area contributed by atoms with Gasteiger partial charge in [-0.15, -0.1) is 20.4 Å². The Kier molecular flexibility index (Phi) is 7.34. The molecule has 0 amide bonds. The fourth-order valence-corrected chi connectivity index (χ4v) is 1.52. The van der Waals surface area contributed by atoms with E-state index in [4.69, 9.17) is 15.0 Å². The molecule has 25 heavy (non-hydrogen) atoms. The molecule has 3 N–H and O–H groups in total. The number of carboxylic acids is 2. The van der Waals surface area contributed by atoms with Crippen LogP contribution in [0.15, 0.2) is 30.6 Å². The van der Waals surface area contributed by atoms with E-state index in [2.05, 4.69) is 20.4 Å². The van der Waals surface area contributed by atoms with Crippen LogP contribution in [0.4, 0.5) is 13.2 Å². The minimum absolute atomic E-state index is 0.0508. The number of carbonyl (C=O) groups is 2. The monoisotopic (exact) mass is 359 g/mol. The normalized spacial score (nSPS) is 10.5. The van der Waals surface area contributed by atoms with Gasteiger partial charge in [-0.05, 0) is 6.07 Å². The van der Waals surface area contributed by atoms with Gasteiger partial charge in [-0.1, -0.05) is 18.2 Å². The Morgan fingerprint density at radius 3 is 2.32 bits per heavy atom. The van der Waals surface area contributed by atoms with E-state index in [0.29, 0.717) is 12.4 Å². The average molecular weight is 359 g/mol. The van der Waals surface area contributed by atoms with Crippen molar-refractivity contribution >= 4 is 11.9 Å². The topological polar surface area (TPSA) is 146 Å². The smallest absolute Gasteiger partial charge is 0.430 e. The second-order valence-electron chi connectivity index (χ2n) is 4.45. The third kappa shape index (κ3) is 7.78. The van der Waals surface area contributed by atoms with E-state index in [0.717, 1.165) is 11.1 Å². The SMILES string of the molecule is O=C(O)C[NH2+]Cc1cccc(-c2nncnn2)c1.O=C([O-])C(F)(F)F. The summed E-state index contributed by atoms with van der Waals surface area (Å²) >= 11 is 0. The Bertz CT molecular complexity index is 712. The highest BCUT2D eigenvalue weighted by atomic mass is 19.4. The van der Waals surface area contributed by atoms with E-state index in [1.54, 1.807) is 5.32 Å². The molecule has 0 bridgehead atoms. The van der Waals surface area contributed by atoms with Crippen molar-refractivity contribution in [1.29, 1.82) is 0 Å². The molecule has 1 aromatic carbocycles. The molecule has 1 heterocycles. The van der Waals surface area contributed by atoms with Crippen LogP contribution >= 0.6 is 0 Å². The van der Waals surface area contributed by atoms with Crippen molar-refractivity contribution in [2.75, 3.05) is 6.54 Å².